The normalized spacial score (nSPS) is 23.0. The second kappa shape index (κ2) is 2.31. The Balaban J connectivity index is 2.56. The Morgan fingerprint density at radius 2 is 2.10 bits per heavy atom. The molecule has 0 aromatic rings. The van der Waals surface area contributed by atoms with E-state index in [1.807, 2.05) is 0 Å². The summed E-state index contributed by atoms with van der Waals surface area (Å²) in [6.07, 6.45) is -1.86. The average molecular weight is 148 g/mol. The summed E-state index contributed by atoms with van der Waals surface area (Å²) in [6, 6.07) is 0. The molecule has 1 rings (SSSR count). The molecule has 0 saturated heterocycles. The molecule has 1 nitrogen and oxygen atoms in total. The summed E-state index contributed by atoms with van der Waals surface area (Å²) in [7, 11) is 0. The van der Waals surface area contributed by atoms with E-state index in [4.69, 9.17) is 5.11 Å². The van der Waals surface area contributed by atoms with Gasteiger partial charge < -0.3 is 5.11 Å². The summed E-state index contributed by atoms with van der Waals surface area (Å²) >= 11 is 0. The van der Waals surface area contributed by atoms with Crippen LogP contribution in [0.4, 0.5) is 8.78 Å². The number of hydrogen-bond acceptors (Lipinski definition) is 1. The maximum Gasteiger partial charge on any atom is 0.246 e. The Labute approximate surface area is 58.4 Å². The van der Waals surface area contributed by atoms with Gasteiger partial charge in [-0.05, 0) is 12.8 Å². The van der Waals surface area contributed by atoms with E-state index in [2.05, 4.69) is 6.58 Å². The molecule has 1 aliphatic rings. The average Bonchev–Trinajstić information content (AvgIpc) is 1.79. The highest BCUT2D eigenvalue weighted by Crippen LogP contribution is 2.48. The minimum absolute atomic E-state index is 0.279. The lowest BCUT2D eigenvalue weighted by atomic mass is 9.67. The largest absolute Gasteiger partial charge is 0.396 e. The van der Waals surface area contributed by atoms with Crippen LogP contribution < -0.4 is 0 Å². The standard InChI is InChI=1S/C7H10F2O/c1-5-2-7(3-5,4-10)6(8)9/h6,10H,1-4H2. The fourth-order valence-electron chi connectivity index (χ4n) is 1.28. The topological polar surface area (TPSA) is 20.2 Å². The molecule has 0 aromatic heterocycles. The number of rotatable bonds is 2. The third kappa shape index (κ3) is 0.944. The van der Waals surface area contributed by atoms with E-state index in [-0.39, 0.29) is 12.8 Å². The van der Waals surface area contributed by atoms with Crippen LogP contribution in [0.1, 0.15) is 12.8 Å². The van der Waals surface area contributed by atoms with Crippen molar-refractivity contribution in [2.24, 2.45) is 5.41 Å². The molecule has 0 aliphatic heterocycles. The molecule has 0 amide bonds. The van der Waals surface area contributed by atoms with Gasteiger partial charge in [0.2, 0.25) is 6.43 Å². The van der Waals surface area contributed by atoms with E-state index in [9.17, 15) is 8.78 Å². The zero-order chi connectivity index (χ0) is 7.78. The minimum atomic E-state index is -2.41. The summed E-state index contributed by atoms with van der Waals surface area (Å²) < 4.78 is 24.2. The summed E-state index contributed by atoms with van der Waals surface area (Å²) in [5, 5.41) is 8.60. The van der Waals surface area contributed by atoms with Gasteiger partial charge in [0.25, 0.3) is 0 Å². The van der Waals surface area contributed by atoms with Crippen molar-refractivity contribution in [2.45, 2.75) is 19.3 Å². The summed E-state index contributed by atoms with van der Waals surface area (Å²) in [6.45, 7) is 3.11. The molecule has 0 unspecified atom stereocenters. The van der Waals surface area contributed by atoms with Crippen LogP contribution in [0.2, 0.25) is 0 Å². The smallest absolute Gasteiger partial charge is 0.246 e. The minimum Gasteiger partial charge on any atom is -0.396 e. The van der Waals surface area contributed by atoms with E-state index >= 15 is 0 Å². The fraction of sp³-hybridized carbons (Fsp3) is 0.714. The monoisotopic (exact) mass is 148 g/mol. The molecular weight excluding hydrogens is 138 g/mol. The Kier molecular flexibility index (Phi) is 1.77. The van der Waals surface area contributed by atoms with Crippen molar-refractivity contribution in [3.8, 4) is 0 Å². The molecule has 1 fully saturated rings. The number of halogens is 2. The van der Waals surface area contributed by atoms with Crippen molar-refractivity contribution >= 4 is 0 Å². The maximum absolute atomic E-state index is 12.1. The Bertz CT molecular complexity index is 146. The predicted molar refractivity (Wildman–Crippen MR) is 33.9 cm³/mol. The van der Waals surface area contributed by atoms with Gasteiger partial charge in [-0.1, -0.05) is 12.2 Å². The first-order chi connectivity index (χ1) is 4.60. The highest BCUT2D eigenvalue weighted by Gasteiger charge is 2.47. The van der Waals surface area contributed by atoms with Gasteiger partial charge in [0.15, 0.2) is 0 Å². The second-order valence-corrected chi connectivity index (χ2v) is 2.92. The molecule has 3 heteroatoms. The van der Waals surface area contributed by atoms with Gasteiger partial charge in [0.1, 0.15) is 0 Å². The number of allylic oxidation sites excluding steroid dienone is 1. The van der Waals surface area contributed by atoms with E-state index in [0.717, 1.165) is 5.57 Å². The maximum atomic E-state index is 12.1. The van der Waals surface area contributed by atoms with Gasteiger partial charge in [-0.2, -0.15) is 0 Å². The molecule has 0 spiro atoms. The summed E-state index contributed by atoms with van der Waals surface area (Å²) in [5.41, 5.74) is -0.328. The quantitative estimate of drug-likeness (QED) is 0.589. The number of alkyl halides is 2. The van der Waals surface area contributed by atoms with Crippen molar-refractivity contribution < 1.29 is 13.9 Å². The van der Waals surface area contributed by atoms with Crippen LogP contribution in [0.5, 0.6) is 0 Å². The molecule has 0 heterocycles. The molecular formula is C7H10F2O. The van der Waals surface area contributed by atoms with Crippen LogP contribution in [-0.4, -0.2) is 18.1 Å². The van der Waals surface area contributed by atoms with Gasteiger partial charge in [0, 0.05) is 0 Å². The van der Waals surface area contributed by atoms with Crippen LogP contribution in [0.3, 0.4) is 0 Å². The molecule has 58 valence electrons. The summed E-state index contributed by atoms with van der Waals surface area (Å²) in [5.74, 6) is 0. The number of aliphatic hydroxyl groups is 1. The highest BCUT2D eigenvalue weighted by atomic mass is 19.3. The van der Waals surface area contributed by atoms with Crippen LogP contribution in [-0.2, 0) is 0 Å². The third-order valence-electron chi connectivity index (χ3n) is 1.98. The van der Waals surface area contributed by atoms with E-state index in [1.54, 1.807) is 0 Å². The zero-order valence-corrected chi connectivity index (χ0v) is 5.61. The molecule has 1 aliphatic carbocycles. The predicted octanol–water partition coefficient (Wildman–Crippen LogP) is 1.58. The first kappa shape index (κ1) is 7.66. The van der Waals surface area contributed by atoms with Crippen LogP contribution in [0.25, 0.3) is 0 Å². The number of hydrogen-bond donors (Lipinski definition) is 1. The fourth-order valence-corrected chi connectivity index (χ4v) is 1.28. The molecule has 10 heavy (non-hydrogen) atoms. The molecule has 0 atom stereocenters. The van der Waals surface area contributed by atoms with Gasteiger partial charge in [0.05, 0.1) is 12.0 Å². The van der Waals surface area contributed by atoms with E-state index in [1.165, 1.54) is 0 Å². The van der Waals surface area contributed by atoms with Gasteiger partial charge >= 0.3 is 0 Å². The van der Waals surface area contributed by atoms with Crippen molar-refractivity contribution in [1.29, 1.82) is 0 Å². The SMILES string of the molecule is C=C1CC(CO)(C(F)F)C1. The van der Waals surface area contributed by atoms with Crippen molar-refractivity contribution in [1.82, 2.24) is 0 Å². The first-order valence-electron chi connectivity index (χ1n) is 3.16. The van der Waals surface area contributed by atoms with Crippen LogP contribution in [0, 0.1) is 5.41 Å². The van der Waals surface area contributed by atoms with Gasteiger partial charge in [-0.25, -0.2) is 8.78 Å². The van der Waals surface area contributed by atoms with Gasteiger partial charge in [-0.3, -0.25) is 0 Å². The molecule has 0 radical (unpaired) electrons. The first-order valence-corrected chi connectivity index (χ1v) is 3.16. The molecule has 1 saturated carbocycles. The molecule has 0 bridgehead atoms. The Morgan fingerprint density at radius 3 is 2.20 bits per heavy atom. The van der Waals surface area contributed by atoms with Crippen molar-refractivity contribution in [3.63, 3.8) is 0 Å². The summed E-state index contributed by atoms with van der Waals surface area (Å²) in [4.78, 5) is 0. The Hall–Kier alpha value is -0.440. The van der Waals surface area contributed by atoms with Crippen molar-refractivity contribution in [3.05, 3.63) is 12.2 Å². The number of aliphatic hydroxyl groups excluding tert-OH is 1. The Morgan fingerprint density at radius 1 is 1.60 bits per heavy atom. The van der Waals surface area contributed by atoms with Crippen LogP contribution in [0.15, 0.2) is 12.2 Å². The zero-order valence-electron chi connectivity index (χ0n) is 5.61. The lowest BCUT2D eigenvalue weighted by Crippen LogP contribution is -2.41. The van der Waals surface area contributed by atoms with E-state index in [0.29, 0.717) is 0 Å². The lowest BCUT2D eigenvalue weighted by molar-refractivity contribution is -0.0674. The van der Waals surface area contributed by atoms with Crippen LogP contribution >= 0.6 is 0 Å². The highest BCUT2D eigenvalue weighted by molar-refractivity contribution is 5.16. The third-order valence-corrected chi connectivity index (χ3v) is 1.98. The second-order valence-electron chi connectivity index (χ2n) is 2.92. The van der Waals surface area contributed by atoms with Gasteiger partial charge in [-0.15, -0.1) is 0 Å². The molecule has 0 aromatic carbocycles. The van der Waals surface area contributed by atoms with E-state index < -0.39 is 18.4 Å². The lowest BCUT2D eigenvalue weighted by Gasteiger charge is -2.41. The van der Waals surface area contributed by atoms with Crippen molar-refractivity contribution in [2.75, 3.05) is 6.61 Å². The molecule has 1 N–H and O–H groups in total.